The van der Waals surface area contributed by atoms with Gasteiger partial charge in [-0.15, -0.1) is 0 Å². The van der Waals surface area contributed by atoms with Crippen molar-refractivity contribution in [2.75, 3.05) is 0 Å². The Kier molecular flexibility index (Phi) is 19.5. The van der Waals surface area contributed by atoms with Gasteiger partial charge in [0.2, 0.25) is 5.24 Å². The largest absolute Gasteiger partial charge is 0.281 e. The third kappa shape index (κ3) is 21.7. The highest BCUT2D eigenvalue weighted by molar-refractivity contribution is 6.63. The van der Waals surface area contributed by atoms with Crippen LogP contribution in [0.3, 0.4) is 0 Å². The summed E-state index contributed by atoms with van der Waals surface area (Å²) in [7, 11) is 0. The number of hydrogen-bond donors (Lipinski definition) is 0. The Bertz CT molecular complexity index is 273. The normalized spacial score (nSPS) is 11.4. The standard InChI is InChI=1S/C21H39ClO/c1-2-3-4-5-6-7-8-9-10-11-12-13-14-15-16-17-18-19-20-21(22)23/h11-12H,2-10,13-20H2,1H3/b12-11+. The molecule has 0 atom stereocenters. The lowest BCUT2D eigenvalue weighted by Crippen LogP contribution is -1.86. The average molecular weight is 343 g/mol. The molecular formula is C21H39ClO. The summed E-state index contributed by atoms with van der Waals surface area (Å²) in [4.78, 5) is 10.6. The third-order valence-corrected chi connectivity index (χ3v) is 4.57. The number of carbonyl (C=O) groups is 1. The molecule has 0 amide bonds. The van der Waals surface area contributed by atoms with Crippen LogP contribution >= 0.6 is 11.6 Å². The van der Waals surface area contributed by atoms with Crippen molar-refractivity contribution in [1.82, 2.24) is 0 Å². The SMILES string of the molecule is CCCCCCCCCC/C=C/CCCCCCCCC(=O)Cl. The molecule has 0 aliphatic rings. The maximum absolute atomic E-state index is 10.6. The van der Waals surface area contributed by atoms with Crippen LogP contribution in [0, 0.1) is 0 Å². The van der Waals surface area contributed by atoms with Gasteiger partial charge in [0.1, 0.15) is 0 Å². The number of unbranched alkanes of at least 4 members (excludes halogenated alkanes) is 14. The maximum Gasteiger partial charge on any atom is 0.221 e. The van der Waals surface area contributed by atoms with Crippen LogP contribution in [0.1, 0.15) is 116 Å². The number of halogens is 1. The van der Waals surface area contributed by atoms with Crippen LogP contribution < -0.4 is 0 Å². The minimum Gasteiger partial charge on any atom is -0.281 e. The first-order valence-electron chi connectivity index (χ1n) is 10.1. The minimum atomic E-state index is -0.188. The lowest BCUT2D eigenvalue weighted by Gasteiger charge is -2.00. The van der Waals surface area contributed by atoms with E-state index in [2.05, 4.69) is 19.1 Å². The van der Waals surface area contributed by atoms with Crippen molar-refractivity contribution in [3.63, 3.8) is 0 Å². The molecule has 0 aromatic rings. The zero-order chi connectivity index (χ0) is 17.0. The van der Waals surface area contributed by atoms with Gasteiger partial charge in [-0.05, 0) is 43.7 Å². The highest BCUT2D eigenvalue weighted by atomic mass is 35.5. The van der Waals surface area contributed by atoms with Crippen LogP contribution in [0.25, 0.3) is 0 Å². The molecule has 0 aromatic heterocycles. The van der Waals surface area contributed by atoms with Crippen LogP contribution in [-0.2, 0) is 4.79 Å². The molecule has 23 heavy (non-hydrogen) atoms. The first kappa shape index (κ1) is 22.7. The summed E-state index contributed by atoms with van der Waals surface area (Å²) in [6.45, 7) is 2.28. The first-order chi connectivity index (χ1) is 11.3. The second kappa shape index (κ2) is 19.7. The van der Waals surface area contributed by atoms with Crippen molar-refractivity contribution in [2.45, 2.75) is 116 Å². The topological polar surface area (TPSA) is 17.1 Å². The summed E-state index contributed by atoms with van der Waals surface area (Å²) >= 11 is 5.31. The highest BCUT2D eigenvalue weighted by Crippen LogP contribution is 2.11. The van der Waals surface area contributed by atoms with Gasteiger partial charge >= 0.3 is 0 Å². The predicted octanol–water partition coefficient (Wildman–Crippen LogP) is 7.96. The molecule has 0 rings (SSSR count). The molecule has 0 saturated carbocycles. The van der Waals surface area contributed by atoms with E-state index in [1.165, 1.54) is 89.9 Å². The van der Waals surface area contributed by atoms with Crippen molar-refractivity contribution >= 4 is 16.8 Å². The Morgan fingerprint density at radius 3 is 1.48 bits per heavy atom. The van der Waals surface area contributed by atoms with Crippen LogP contribution in [-0.4, -0.2) is 5.24 Å². The van der Waals surface area contributed by atoms with E-state index < -0.39 is 0 Å². The molecule has 0 aliphatic carbocycles. The lowest BCUT2D eigenvalue weighted by molar-refractivity contribution is -0.111. The molecule has 2 heteroatoms. The predicted molar refractivity (Wildman–Crippen MR) is 104 cm³/mol. The molecule has 0 bridgehead atoms. The van der Waals surface area contributed by atoms with Crippen molar-refractivity contribution in [1.29, 1.82) is 0 Å². The summed E-state index contributed by atoms with van der Waals surface area (Å²) in [6, 6.07) is 0. The summed E-state index contributed by atoms with van der Waals surface area (Å²) in [5.74, 6) is 0. The van der Waals surface area contributed by atoms with E-state index in [1.807, 2.05) is 0 Å². The highest BCUT2D eigenvalue weighted by Gasteiger charge is 1.95. The van der Waals surface area contributed by atoms with E-state index in [4.69, 9.17) is 11.6 Å². The van der Waals surface area contributed by atoms with Crippen LogP contribution in [0.4, 0.5) is 0 Å². The van der Waals surface area contributed by atoms with Gasteiger partial charge in [-0.25, -0.2) is 0 Å². The molecule has 0 aliphatic heterocycles. The van der Waals surface area contributed by atoms with Crippen molar-refractivity contribution in [3.05, 3.63) is 12.2 Å². The molecule has 0 spiro atoms. The fourth-order valence-corrected chi connectivity index (χ4v) is 3.00. The fraction of sp³-hybridized carbons (Fsp3) is 0.857. The van der Waals surface area contributed by atoms with Crippen molar-refractivity contribution in [3.8, 4) is 0 Å². The summed E-state index contributed by atoms with van der Waals surface area (Å²) in [5.41, 5.74) is 0. The molecule has 0 unspecified atom stereocenters. The quantitative estimate of drug-likeness (QED) is 0.140. The van der Waals surface area contributed by atoms with Crippen LogP contribution in [0.5, 0.6) is 0 Å². The first-order valence-corrected chi connectivity index (χ1v) is 10.5. The van der Waals surface area contributed by atoms with Gasteiger partial charge in [-0.3, -0.25) is 4.79 Å². The summed E-state index contributed by atoms with van der Waals surface area (Å²) < 4.78 is 0. The number of carbonyl (C=O) groups excluding carboxylic acids is 1. The molecule has 0 radical (unpaired) electrons. The molecule has 0 aromatic carbocycles. The Morgan fingerprint density at radius 2 is 1.04 bits per heavy atom. The molecule has 0 heterocycles. The van der Waals surface area contributed by atoms with E-state index in [9.17, 15) is 4.79 Å². The van der Waals surface area contributed by atoms with E-state index in [1.54, 1.807) is 0 Å². The lowest BCUT2D eigenvalue weighted by atomic mass is 10.1. The second-order valence-corrected chi connectivity index (χ2v) is 7.17. The Balaban J connectivity index is 3.07. The van der Waals surface area contributed by atoms with Gasteiger partial charge in [0.05, 0.1) is 0 Å². The fourth-order valence-electron chi connectivity index (χ4n) is 2.87. The third-order valence-electron chi connectivity index (χ3n) is 4.39. The van der Waals surface area contributed by atoms with Crippen LogP contribution in [0.2, 0.25) is 0 Å². The molecular weight excluding hydrogens is 304 g/mol. The van der Waals surface area contributed by atoms with Gasteiger partial charge in [0, 0.05) is 6.42 Å². The maximum atomic E-state index is 10.6. The molecule has 0 N–H and O–H groups in total. The number of allylic oxidation sites excluding steroid dienone is 2. The minimum absolute atomic E-state index is 0.188. The van der Waals surface area contributed by atoms with Crippen molar-refractivity contribution < 1.29 is 4.79 Å². The van der Waals surface area contributed by atoms with Crippen molar-refractivity contribution in [2.24, 2.45) is 0 Å². The second-order valence-electron chi connectivity index (χ2n) is 6.75. The molecule has 0 saturated heterocycles. The average Bonchev–Trinajstić information content (AvgIpc) is 2.53. The molecule has 0 fully saturated rings. The Morgan fingerprint density at radius 1 is 0.652 bits per heavy atom. The molecule has 1 nitrogen and oxygen atoms in total. The monoisotopic (exact) mass is 342 g/mol. The van der Waals surface area contributed by atoms with E-state index >= 15 is 0 Å². The Hall–Kier alpha value is -0.300. The number of rotatable bonds is 18. The van der Waals surface area contributed by atoms with Gasteiger partial charge in [-0.1, -0.05) is 89.7 Å². The van der Waals surface area contributed by atoms with Crippen LogP contribution in [0.15, 0.2) is 12.2 Å². The van der Waals surface area contributed by atoms with E-state index in [0.29, 0.717) is 6.42 Å². The van der Waals surface area contributed by atoms with E-state index in [0.717, 1.165) is 12.8 Å². The van der Waals surface area contributed by atoms with E-state index in [-0.39, 0.29) is 5.24 Å². The van der Waals surface area contributed by atoms with Gasteiger partial charge in [0.15, 0.2) is 0 Å². The van der Waals surface area contributed by atoms with Gasteiger partial charge < -0.3 is 0 Å². The smallest absolute Gasteiger partial charge is 0.221 e. The number of hydrogen-bond acceptors (Lipinski definition) is 1. The summed E-state index contributed by atoms with van der Waals surface area (Å²) in [6.07, 6.45) is 26.3. The van der Waals surface area contributed by atoms with Gasteiger partial charge in [0.25, 0.3) is 0 Å². The zero-order valence-corrected chi connectivity index (χ0v) is 16.2. The molecule has 136 valence electrons. The Labute approximate surface area is 150 Å². The van der Waals surface area contributed by atoms with Gasteiger partial charge in [-0.2, -0.15) is 0 Å². The zero-order valence-electron chi connectivity index (χ0n) is 15.5. The summed E-state index contributed by atoms with van der Waals surface area (Å²) in [5, 5.41) is -0.188.